The monoisotopic (exact) mass is 382 g/mol. The van der Waals surface area contributed by atoms with Gasteiger partial charge in [-0.15, -0.1) is 5.10 Å². The first-order valence-corrected chi connectivity index (χ1v) is 10.9. The third-order valence-electron chi connectivity index (χ3n) is 5.09. The van der Waals surface area contributed by atoms with E-state index >= 15 is 0 Å². The van der Waals surface area contributed by atoms with Gasteiger partial charge in [0.15, 0.2) is 0 Å². The Morgan fingerprint density at radius 3 is 2.27 bits per heavy atom. The van der Waals surface area contributed by atoms with Crippen LogP contribution in [0.1, 0.15) is 31.4 Å². The summed E-state index contributed by atoms with van der Waals surface area (Å²) in [5.41, 5.74) is 0.847. The average Bonchev–Trinajstić information content (AvgIpc) is 2.63. The van der Waals surface area contributed by atoms with Gasteiger partial charge < -0.3 is 9.64 Å². The Labute approximate surface area is 154 Å². The molecule has 9 heteroatoms. The summed E-state index contributed by atoms with van der Waals surface area (Å²) in [6.07, 6.45) is 4.00. The van der Waals surface area contributed by atoms with Crippen LogP contribution in [0.25, 0.3) is 0 Å². The molecule has 2 saturated heterocycles. The lowest BCUT2D eigenvalue weighted by Crippen LogP contribution is -2.47. The maximum absolute atomic E-state index is 12.7. The Morgan fingerprint density at radius 2 is 1.73 bits per heavy atom. The number of amides is 1. The minimum absolute atomic E-state index is 0.0446. The van der Waals surface area contributed by atoms with E-state index in [2.05, 4.69) is 10.2 Å². The molecule has 26 heavy (non-hydrogen) atoms. The molecule has 0 saturated carbocycles. The fourth-order valence-electron chi connectivity index (χ4n) is 3.51. The lowest BCUT2D eigenvalue weighted by Gasteiger charge is -2.36. The zero-order valence-electron chi connectivity index (χ0n) is 15.3. The molecule has 1 aromatic rings. The van der Waals surface area contributed by atoms with Gasteiger partial charge >= 0.3 is 0 Å². The topological polar surface area (TPSA) is 92.7 Å². The molecule has 0 aliphatic carbocycles. The van der Waals surface area contributed by atoms with Gasteiger partial charge in [0.1, 0.15) is 6.10 Å². The molecule has 0 unspecified atom stereocenters. The number of carbonyl (C=O) groups is 1. The number of ether oxygens (including phenoxy) is 1. The van der Waals surface area contributed by atoms with Gasteiger partial charge in [-0.25, -0.2) is 12.7 Å². The lowest BCUT2D eigenvalue weighted by atomic mass is 9.95. The zero-order chi connectivity index (χ0) is 18.7. The van der Waals surface area contributed by atoms with Crippen LogP contribution in [0.3, 0.4) is 0 Å². The highest BCUT2D eigenvalue weighted by atomic mass is 32.2. The van der Waals surface area contributed by atoms with Crippen LogP contribution in [0.5, 0.6) is 5.88 Å². The molecule has 144 valence electrons. The fourth-order valence-corrected chi connectivity index (χ4v) is 4.38. The number of nitrogens with zero attached hydrogens (tertiary/aromatic N) is 4. The smallest absolute Gasteiger partial charge is 0.233 e. The van der Waals surface area contributed by atoms with Crippen molar-refractivity contribution in [2.45, 2.75) is 38.7 Å². The molecule has 0 aromatic carbocycles. The first-order chi connectivity index (χ1) is 12.3. The second-order valence-electron chi connectivity index (χ2n) is 7.09. The van der Waals surface area contributed by atoms with Crippen LogP contribution in [0.2, 0.25) is 0 Å². The summed E-state index contributed by atoms with van der Waals surface area (Å²) in [7, 11) is -3.16. The van der Waals surface area contributed by atoms with Gasteiger partial charge in [0.2, 0.25) is 21.8 Å². The third kappa shape index (κ3) is 4.70. The summed E-state index contributed by atoms with van der Waals surface area (Å²) in [6.45, 7) is 4.06. The van der Waals surface area contributed by atoms with Gasteiger partial charge in [-0.05, 0) is 25.8 Å². The average molecular weight is 382 g/mol. The summed E-state index contributed by atoms with van der Waals surface area (Å²) in [4.78, 5) is 14.6. The molecule has 8 nitrogen and oxygen atoms in total. The first-order valence-electron chi connectivity index (χ1n) is 9.04. The summed E-state index contributed by atoms with van der Waals surface area (Å²) in [5.74, 6) is 0.591. The standard InChI is InChI=1S/C17H26N4O4S/c1-13-3-4-16(19-18-13)25-15-7-9-20(10-8-15)17(22)14-5-11-21(12-6-14)26(2,23)24/h3-4,14-15H,5-12H2,1-2H3. The first kappa shape index (κ1) is 19.0. The number of likely N-dealkylation sites (tertiary alicyclic amines) is 1. The van der Waals surface area contributed by atoms with Crippen LogP contribution in [-0.2, 0) is 14.8 Å². The number of piperidine rings is 2. The highest BCUT2D eigenvalue weighted by Gasteiger charge is 2.33. The predicted octanol–water partition coefficient (Wildman–Crippen LogP) is 0.826. The Bertz CT molecular complexity index is 722. The Hall–Kier alpha value is -1.74. The number of hydrogen-bond acceptors (Lipinski definition) is 6. The second-order valence-corrected chi connectivity index (χ2v) is 9.07. The predicted molar refractivity (Wildman–Crippen MR) is 96.1 cm³/mol. The van der Waals surface area contributed by atoms with E-state index < -0.39 is 10.0 Å². The number of rotatable bonds is 4. The van der Waals surface area contributed by atoms with Gasteiger partial charge in [-0.3, -0.25) is 4.79 Å². The minimum atomic E-state index is -3.16. The maximum atomic E-state index is 12.7. The Balaban J connectivity index is 1.46. The number of hydrogen-bond donors (Lipinski definition) is 0. The van der Waals surface area contributed by atoms with E-state index in [1.54, 1.807) is 0 Å². The van der Waals surface area contributed by atoms with E-state index in [1.807, 2.05) is 24.0 Å². The van der Waals surface area contributed by atoms with Crippen molar-refractivity contribution in [1.82, 2.24) is 19.4 Å². The van der Waals surface area contributed by atoms with E-state index in [9.17, 15) is 13.2 Å². The van der Waals surface area contributed by atoms with Crippen LogP contribution in [-0.4, -0.2) is 72.3 Å². The third-order valence-corrected chi connectivity index (χ3v) is 6.39. The molecule has 2 fully saturated rings. The Morgan fingerprint density at radius 1 is 1.08 bits per heavy atom. The summed E-state index contributed by atoms with van der Waals surface area (Å²) < 4.78 is 30.5. The Kier molecular flexibility index (Phi) is 5.76. The highest BCUT2D eigenvalue weighted by Crippen LogP contribution is 2.24. The van der Waals surface area contributed by atoms with Gasteiger partial charge in [-0.1, -0.05) is 0 Å². The van der Waals surface area contributed by atoms with Gasteiger partial charge in [0.05, 0.1) is 11.9 Å². The minimum Gasteiger partial charge on any atom is -0.473 e. The van der Waals surface area contributed by atoms with Crippen molar-refractivity contribution in [1.29, 1.82) is 0 Å². The summed E-state index contributed by atoms with van der Waals surface area (Å²) in [5, 5.41) is 8.01. The zero-order valence-corrected chi connectivity index (χ0v) is 16.1. The van der Waals surface area contributed by atoms with Crippen LogP contribution in [0.4, 0.5) is 0 Å². The molecule has 3 rings (SSSR count). The molecular weight excluding hydrogens is 356 g/mol. The molecule has 0 spiro atoms. The number of aromatic nitrogens is 2. The number of carbonyl (C=O) groups excluding carboxylic acids is 1. The molecule has 0 bridgehead atoms. The molecule has 0 N–H and O–H groups in total. The van der Waals surface area contributed by atoms with Crippen LogP contribution in [0, 0.1) is 12.8 Å². The number of aryl methyl sites for hydroxylation is 1. The largest absolute Gasteiger partial charge is 0.473 e. The quantitative estimate of drug-likeness (QED) is 0.766. The van der Waals surface area contributed by atoms with Crippen LogP contribution in [0.15, 0.2) is 12.1 Å². The molecule has 0 atom stereocenters. The second kappa shape index (κ2) is 7.87. The lowest BCUT2D eigenvalue weighted by molar-refractivity contribution is -0.138. The SMILES string of the molecule is Cc1ccc(OC2CCN(C(=O)C3CCN(S(C)(=O)=O)CC3)CC2)nn1. The van der Waals surface area contributed by atoms with Crippen LogP contribution < -0.4 is 4.74 Å². The summed E-state index contributed by atoms with van der Waals surface area (Å²) >= 11 is 0. The molecule has 2 aliphatic heterocycles. The fraction of sp³-hybridized carbons (Fsp3) is 0.706. The van der Waals surface area contributed by atoms with Crippen molar-refractivity contribution in [3.05, 3.63) is 17.8 Å². The molecule has 1 amide bonds. The normalized spacial score (nSPS) is 20.9. The van der Waals surface area contributed by atoms with E-state index in [-0.39, 0.29) is 17.9 Å². The highest BCUT2D eigenvalue weighted by molar-refractivity contribution is 7.88. The van der Waals surface area contributed by atoms with Gasteiger partial charge in [0, 0.05) is 51.0 Å². The number of sulfonamides is 1. The van der Waals surface area contributed by atoms with Crippen molar-refractivity contribution in [3.8, 4) is 5.88 Å². The van der Waals surface area contributed by atoms with Gasteiger partial charge in [-0.2, -0.15) is 5.10 Å². The van der Waals surface area contributed by atoms with Gasteiger partial charge in [0.25, 0.3) is 0 Å². The van der Waals surface area contributed by atoms with Crippen molar-refractivity contribution < 1.29 is 17.9 Å². The molecular formula is C17H26N4O4S. The maximum Gasteiger partial charge on any atom is 0.233 e. The molecule has 0 radical (unpaired) electrons. The van der Waals surface area contributed by atoms with E-state index in [4.69, 9.17) is 4.74 Å². The van der Waals surface area contributed by atoms with Crippen molar-refractivity contribution >= 4 is 15.9 Å². The molecule has 1 aromatic heterocycles. The van der Waals surface area contributed by atoms with E-state index in [1.165, 1.54) is 10.6 Å². The van der Waals surface area contributed by atoms with E-state index in [0.717, 1.165) is 18.5 Å². The summed E-state index contributed by atoms with van der Waals surface area (Å²) in [6, 6.07) is 3.68. The molecule has 3 heterocycles. The molecule has 2 aliphatic rings. The van der Waals surface area contributed by atoms with Crippen LogP contribution >= 0.6 is 0 Å². The van der Waals surface area contributed by atoms with Crippen molar-refractivity contribution in [2.24, 2.45) is 5.92 Å². The van der Waals surface area contributed by atoms with E-state index in [0.29, 0.717) is 44.9 Å². The van der Waals surface area contributed by atoms with Crippen molar-refractivity contribution in [3.63, 3.8) is 0 Å². The van der Waals surface area contributed by atoms with Crippen molar-refractivity contribution in [2.75, 3.05) is 32.4 Å².